The van der Waals surface area contributed by atoms with E-state index in [0.29, 0.717) is 37.2 Å². The van der Waals surface area contributed by atoms with E-state index in [2.05, 4.69) is 10.0 Å². The Morgan fingerprint density at radius 1 is 1.15 bits per heavy atom. The third-order valence-electron chi connectivity index (χ3n) is 4.21. The molecule has 1 aromatic rings. The van der Waals surface area contributed by atoms with Crippen molar-refractivity contribution in [2.24, 2.45) is 5.41 Å². The van der Waals surface area contributed by atoms with E-state index in [0.717, 1.165) is 6.26 Å². The van der Waals surface area contributed by atoms with Crippen molar-refractivity contribution >= 4 is 27.5 Å². The highest BCUT2D eigenvalue weighted by molar-refractivity contribution is 7.88. The van der Waals surface area contributed by atoms with Gasteiger partial charge in [-0.15, -0.1) is 0 Å². The number of likely N-dealkylation sites (tertiary alicyclic amines) is 1. The molecule has 0 spiro atoms. The van der Waals surface area contributed by atoms with E-state index >= 15 is 0 Å². The summed E-state index contributed by atoms with van der Waals surface area (Å²) in [5.74, 6) is -0.232. The molecule has 7 nitrogen and oxygen atoms in total. The first-order chi connectivity index (χ1) is 12.0. The van der Waals surface area contributed by atoms with E-state index < -0.39 is 15.4 Å². The molecular weight excluding hydrogens is 354 g/mol. The number of piperidine rings is 1. The molecule has 2 rings (SSSR count). The van der Waals surface area contributed by atoms with Crippen molar-refractivity contribution in [2.45, 2.75) is 39.7 Å². The van der Waals surface area contributed by atoms with Gasteiger partial charge in [0.1, 0.15) is 0 Å². The molecule has 1 aliphatic heterocycles. The second-order valence-electron chi connectivity index (χ2n) is 7.74. The third-order valence-corrected chi connectivity index (χ3v) is 4.97. The Morgan fingerprint density at radius 3 is 2.31 bits per heavy atom. The highest BCUT2D eigenvalue weighted by atomic mass is 32.2. The van der Waals surface area contributed by atoms with Gasteiger partial charge in [0.05, 0.1) is 6.26 Å². The summed E-state index contributed by atoms with van der Waals surface area (Å²) in [6.45, 7) is 6.46. The molecule has 0 saturated carbocycles. The van der Waals surface area contributed by atoms with Crippen molar-refractivity contribution in [3.63, 3.8) is 0 Å². The van der Waals surface area contributed by atoms with Crippen LogP contribution in [0.15, 0.2) is 24.3 Å². The van der Waals surface area contributed by atoms with E-state index in [4.69, 9.17) is 0 Å². The zero-order valence-electron chi connectivity index (χ0n) is 15.7. The van der Waals surface area contributed by atoms with Crippen LogP contribution in [0.25, 0.3) is 0 Å². The summed E-state index contributed by atoms with van der Waals surface area (Å²) < 4.78 is 25.2. The molecule has 1 fully saturated rings. The van der Waals surface area contributed by atoms with Gasteiger partial charge in [-0.1, -0.05) is 26.8 Å². The monoisotopic (exact) mass is 381 g/mol. The highest BCUT2D eigenvalue weighted by Gasteiger charge is 2.26. The van der Waals surface area contributed by atoms with Crippen LogP contribution >= 0.6 is 0 Å². The minimum Gasteiger partial charge on any atom is -0.339 e. The van der Waals surface area contributed by atoms with E-state index in [9.17, 15) is 18.0 Å². The topological polar surface area (TPSA) is 95.6 Å². The number of nitrogens with zero attached hydrogens (tertiary/aromatic N) is 1. The number of sulfonamides is 1. The fourth-order valence-corrected chi connectivity index (χ4v) is 3.58. The number of nitrogens with one attached hydrogen (secondary N) is 2. The van der Waals surface area contributed by atoms with Gasteiger partial charge in [0.15, 0.2) is 0 Å². The summed E-state index contributed by atoms with van der Waals surface area (Å²) in [5, 5.41) is 2.83. The van der Waals surface area contributed by atoms with Crippen molar-refractivity contribution in [3.8, 4) is 0 Å². The van der Waals surface area contributed by atoms with Crippen LogP contribution in [0.2, 0.25) is 0 Å². The molecule has 0 bridgehead atoms. The predicted octanol–water partition coefficient (Wildman–Crippen LogP) is 1.82. The lowest BCUT2D eigenvalue weighted by molar-refractivity contribution is -0.123. The highest BCUT2D eigenvalue weighted by Crippen LogP contribution is 2.20. The first-order valence-electron chi connectivity index (χ1n) is 8.64. The van der Waals surface area contributed by atoms with Crippen LogP contribution in [0.1, 0.15) is 44.0 Å². The Kier molecular flexibility index (Phi) is 6.08. The second-order valence-corrected chi connectivity index (χ2v) is 9.52. The number of benzene rings is 1. The number of hydrogen-bond donors (Lipinski definition) is 2. The van der Waals surface area contributed by atoms with Gasteiger partial charge in [0, 0.05) is 35.8 Å². The van der Waals surface area contributed by atoms with Gasteiger partial charge < -0.3 is 10.2 Å². The zero-order chi connectivity index (χ0) is 19.5. The molecule has 0 atom stereocenters. The Balaban J connectivity index is 2.00. The summed E-state index contributed by atoms with van der Waals surface area (Å²) in [5.41, 5.74) is 0.574. The first kappa shape index (κ1) is 20.4. The normalized spacial score (nSPS) is 16.4. The Morgan fingerprint density at radius 2 is 1.77 bits per heavy atom. The van der Waals surface area contributed by atoms with Crippen LogP contribution in [0.4, 0.5) is 5.69 Å². The van der Waals surface area contributed by atoms with Gasteiger partial charge in [-0.05, 0) is 31.0 Å². The Labute approximate surface area is 155 Å². The lowest BCUT2D eigenvalue weighted by atomic mass is 9.95. The number of rotatable bonds is 4. The van der Waals surface area contributed by atoms with Gasteiger partial charge in [0.25, 0.3) is 5.91 Å². The molecular formula is C18H27N3O4S. The van der Waals surface area contributed by atoms with E-state index in [1.807, 2.05) is 20.8 Å². The lowest BCUT2D eigenvalue weighted by Crippen LogP contribution is -2.46. The molecule has 1 aliphatic rings. The van der Waals surface area contributed by atoms with Crippen molar-refractivity contribution in [2.75, 3.05) is 24.7 Å². The summed E-state index contributed by atoms with van der Waals surface area (Å²) >= 11 is 0. The molecule has 1 aromatic carbocycles. The fourth-order valence-electron chi connectivity index (χ4n) is 2.73. The van der Waals surface area contributed by atoms with Gasteiger partial charge in [-0.25, -0.2) is 13.1 Å². The molecule has 0 aliphatic carbocycles. The van der Waals surface area contributed by atoms with Crippen molar-refractivity contribution in [1.82, 2.24) is 9.62 Å². The van der Waals surface area contributed by atoms with Gasteiger partial charge in [-0.3, -0.25) is 9.59 Å². The maximum atomic E-state index is 12.7. The quantitative estimate of drug-likeness (QED) is 0.832. The van der Waals surface area contributed by atoms with E-state index in [-0.39, 0.29) is 17.9 Å². The average molecular weight is 381 g/mol. The standard InChI is InChI=1S/C18H27N3O4S/c1-18(2,3)17(23)19-15-7-5-6-13(12-15)16(22)21-10-8-14(9-11-21)20-26(4,24)25/h5-7,12,14,20H,8-11H2,1-4H3,(H,19,23). The van der Waals surface area contributed by atoms with Gasteiger partial charge in [-0.2, -0.15) is 0 Å². The summed E-state index contributed by atoms with van der Waals surface area (Å²) in [6.07, 6.45) is 2.31. The molecule has 8 heteroatoms. The second kappa shape index (κ2) is 7.75. The minimum atomic E-state index is -3.24. The molecule has 0 radical (unpaired) electrons. The number of hydrogen-bond acceptors (Lipinski definition) is 4. The first-order valence-corrected chi connectivity index (χ1v) is 10.5. The van der Waals surface area contributed by atoms with Crippen molar-refractivity contribution in [1.29, 1.82) is 0 Å². The SMILES string of the molecule is CC(C)(C)C(=O)Nc1cccc(C(=O)N2CCC(NS(C)(=O)=O)CC2)c1. The summed E-state index contributed by atoms with van der Waals surface area (Å²) in [6, 6.07) is 6.75. The van der Waals surface area contributed by atoms with E-state index in [1.54, 1.807) is 29.2 Å². The molecule has 1 saturated heterocycles. The molecule has 0 aromatic heterocycles. The van der Waals surface area contributed by atoms with Crippen LogP contribution < -0.4 is 10.0 Å². The summed E-state index contributed by atoms with van der Waals surface area (Å²) in [4.78, 5) is 26.5. The molecule has 1 heterocycles. The minimum absolute atomic E-state index is 0.116. The van der Waals surface area contributed by atoms with Gasteiger partial charge >= 0.3 is 0 Å². The van der Waals surface area contributed by atoms with Crippen LogP contribution in [-0.4, -0.2) is 50.5 Å². The van der Waals surface area contributed by atoms with Crippen LogP contribution in [-0.2, 0) is 14.8 Å². The number of carbonyl (C=O) groups is 2. The van der Waals surface area contributed by atoms with Crippen molar-refractivity contribution < 1.29 is 18.0 Å². The molecule has 2 N–H and O–H groups in total. The predicted molar refractivity (Wildman–Crippen MR) is 101 cm³/mol. The van der Waals surface area contributed by atoms with Crippen molar-refractivity contribution in [3.05, 3.63) is 29.8 Å². The van der Waals surface area contributed by atoms with Crippen LogP contribution in [0.5, 0.6) is 0 Å². The number of carbonyl (C=O) groups excluding carboxylic acids is 2. The Bertz CT molecular complexity index is 776. The number of anilines is 1. The third kappa shape index (κ3) is 5.81. The molecule has 26 heavy (non-hydrogen) atoms. The van der Waals surface area contributed by atoms with Gasteiger partial charge in [0.2, 0.25) is 15.9 Å². The summed E-state index contributed by atoms with van der Waals surface area (Å²) in [7, 11) is -3.24. The smallest absolute Gasteiger partial charge is 0.253 e. The maximum Gasteiger partial charge on any atom is 0.253 e. The van der Waals surface area contributed by atoms with E-state index in [1.165, 1.54) is 0 Å². The van der Waals surface area contributed by atoms with Crippen LogP contribution in [0.3, 0.4) is 0 Å². The Hall–Kier alpha value is -1.93. The number of amides is 2. The average Bonchev–Trinajstić information content (AvgIpc) is 2.53. The zero-order valence-corrected chi connectivity index (χ0v) is 16.5. The molecule has 2 amide bonds. The lowest BCUT2D eigenvalue weighted by Gasteiger charge is -2.32. The molecule has 0 unspecified atom stereocenters. The maximum absolute atomic E-state index is 12.7. The fraction of sp³-hybridized carbons (Fsp3) is 0.556. The van der Waals surface area contributed by atoms with Crippen LogP contribution in [0, 0.1) is 5.41 Å². The largest absolute Gasteiger partial charge is 0.339 e. The molecule has 144 valence electrons.